The van der Waals surface area contributed by atoms with E-state index < -0.39 is 18.2 Å². The van der Waals surface area contributed by atoms with Gasteiger partial charge in [-0.15, -0.1) is 0 Å². The third-order valence-electron chi connectivity index (χ3n) is 3.47. The van der Waals surface area contributed by atoms with Gasteiger partial charge in [0.2, 0.25) is 0 Å². The highest BCUT2D eigenvalue weighted by Gasteiger charge is 2.45. The molecule has 86 valence electrons. The molecule has 3 saturated carbocycles. The van der Waals surface area contributed by atoms with E-state index in [9.17, 15) is 18.0 Å². The fourth-order valence-electron chi connectivity index (χ4n) is 2.67. The molecule has 3 aliphatic carbocycles. The van der Waals surface area contributed by atoms with Gasteiger partial charge in [-0.25, -0.2) is 4.79 Å². The first-order valence-electron chi connectivity index (χ1n) is 5.24. The van der Waals surface area contributed by atoms with Gasteiger partial charge in [0.15, 0.2) is 0 Å². The number of halogens is 3. The molecular formula is C10H13F3O2. The number of carbonyl (C=O) groups is 1. The second-order valence-corrected chi connectivity index (χ2v) is 4.46. The minimum Gasteiger partial charge on any atom is -0.455 e. The van der Waals surface area contributed by atoms with E-state index in [1.165, 1.54) is 0 Å². The van der Waals surface area contributed by atoms with Crippen molar-refractivity contribution in [2.45, 2.75) is 44.4 Å². The van der Waals surface area contributed by atoms with E-state index in [4.69, 9.17) is 0 Å². The van der Waals surface area contributed by atoms with E-state index in [0.29, 0.717) is 12.3 Å². The van der Waals surface area contributed by atoms with Crippen LogP contribution in [0.5, 0.6) is 0 Å². The van der Waals surface area contributed by atoms with Gasteiger partial charge in [-0.3, -0.25) is 0 Å². The summed E-state index contributed by atoms with van der Waals surface area (Å²) in [4.78, 5) is 10.7. The van der Waals surface area contributed by atoms with Gasteiger partial charge >= 0.3 is 12.1 Å². The number of hydrogen-bond donors (Lipinski definition) is 0. The zero-order valence-corrected chi connectivity index (χ0v) is 8.22. The minimum atomic E-state index is -4.85. The number of esters is 1. The lowest BCUT2D eigenvalue weighted by Crippen LogP contribution is -2.41. The monoisotopic (exact) mass is 222 g/mol. The Morgan fingerprint density at radius 2 is 1.73 bits per heavy atom. The molecule has 0 unspecified atom stereocenters. The molecule has 2 bridgehead atoms. The Bertz CT molecular complexity index is 254. The second kappa shape index (κ2) is 3.68. The highest BCUT2D eigenvalue weighted by Crippen LogP contribution is 2.43. The van der Waals surface area contributed by atoms with E-state index in [1.54, 1.807) is 0 Å². The SMILES string of the molecule is O=C(O[C@H]1CC2CCC1CC2)C(F)(F)F. The Morgan fingerprint density at radius 3 is 2.13 bits per heavy atom. The number of alkyl halides is 3. The van der Waals surface area contributed by atoms with E-state index in [-0.39, 0.29) is 5.92 Å². The predicted molar refractivity (Wildman–Crippen MR) is 46.0 cm³/mol. The number of ether oxygens (including phenoxy) is 1. The van der Waals surface area contributed by atoms with Crippen LogP contribution in [0.15, 0.2) is 0 Å². The molecule has 0 aromatic rings. The molecule has 3 fully saturated rings. The van der Waals surface area contributed by atoms with Crippen molar-refractivity contribution < 1.29 is 22.7 Å². The maximum atomic E-state index is 12.0. The molecule has 15 heavy (non-hydrogen) atoms. The Kier molecular flexibility index (Phi) is 2.64. The van der Waals surface area contributed by atoms with Crippen molar-refractivity contribution in [3.63, 3.8) is 0 Å². The molecule has 0 saturated heterocycles. The molecule has 0 heterocycles. The van der Waals surface area contributed by atoms with Crippen molar-refractivity contribution in [2.24, 2.45) is 11.8 Å². The fourth-order valence-corrected chi connectivity index (χ4v) is 2.67. The maximum absolute atomic E-state index is 12.0. The molecule has 3 rings (SSSR count). The first-order valence-corrected chi connectivity index (χ1v) is 5.24. The van der Waals surface area contributed by atoms with Crippen LogP contribution in [0.25, 0.3) is 0 Å². The summed E-state index contributed by atoms with van der Waals surface area (Å²) in [7, 11) is 0. The summed E-state index contributed by atoms with van der Waals surface area (Å²) in [6.45, 7) is 0. The summed E-state index contributed by atoms with van der Waals surface area (Å²) in [6, 6.07) is 0. The van der Waals surface area contributed by atoms with Crippen molar-refractivity contribution in [2.75, 3.05) is 0 Å². The molecule has 2 nitrogen and oxygen atoms in total. The molecule has 0 aromatic carbocycles. The van der Waals surface area contributed by atoms with Gasteiger partial charge < -0.3 is 4.74 Å². The zero-order chi connectivity index (χ0) is 11.1. The summed E-state index contributed by atoms with van der Waals surface area (Å²) in [5.41, 5.74) is 0. The molecule has 0 aromatic heterocycles. The molecular weight excluding hydrogens is 209 g/mol. The molecule has 5 heteroatoms. The summed E-state index contributed by atoms with van der Waals surface area (Å²) in [6.07, 6.45) is -0.772. The lowest BCUT2D eigenvalue weighted by molar-refractivity contribution is -0.211. The number of hydrogen-bond acceptors (Lipinski definition) is 2. The lowest BCUT2D eigenvalue weighted by atomic mass is 9.69. The van der Waals surface area contributed by atoms with Crippen molar-refractivity contribution in [1.29, 1.82) is 0 Å². The van der Waals surface area contributed by atoms with E-state index in [1.807, 2.05) is 0 Å². The predicted octanol–water partition coefficient (Wildman–Crippen LogP) is 2.67. The third-order valence-corrected chi connectivity index (χ3v) is 3.47. The quantitative estimate of drug-likeness (QED) is 0.637. The maximum Gasteiger partial charge on any atom is 0.490 e. The van der Waals surface area contributed by atoms with Crippen LogP contribution < -0.4 is 0 Å². The van der Waals surface area contributed by atoms with Crippen molar-refractivity contribution in [3.05, 3.63) is 0 Å². The molecule has 0 radical (unpaired) electrons. The number of fused-ring (bicyclic) bond motifs is 3. The van der Waals surface area contributed by atoms with Gasteiger partial charge in [0.25, 0.3) is 0 Å². The molecule has 0 amide bonds. The van der Waals surface area contributed by atoms with Crippen LogP contribution in [0.2, 0.25) is 0 Å². The molecule has 1 atom stereocenters. The van der Waals surface area contributed by atoms with Crippen molar-refractivity contribution in [3.8, 4) is 0 Å². The summed E-state index contributed by atoms with van der Waals surface area (Å²) in [5, 5.41) is 0. The Balaban J connectivity index is 1.93. The average molecular weight is 222 g/mol. The van der Waals surface area contributed by atoms with Crippen molar-refractivity contribution in [1.82, 2.24) is 0 Å². The first kappa shape index (κ1) is 10.8. The Labute approximate surface area is 85.8 Å². The zero-order valence-electron chi connectivity index (χ0n) is 8.22. The van der Waals surface area contributed by atoms with Crippen LogP contribution in [-0.4, -0.2) is 18.2 Å². The van der Waals surface area contributed by atoms with Gasteiger partial charge in [-0.1, -0.05) is 0 Å². The Morgan fingerprint density at radius 1 is 1.13 bits per heavy atom. The minimum absolute atomic E-state index is 0.154. The van der Waals surface area contributed by atoms with Crippen LogP contribution in [-0.2, 0) is 9.53 Å². The van der Waals surface area contributed by atoms with Crippen LogP contribution in [0.3, 0.4) is 0 Å². The summed E-state index contributed by atoms with van der Waals surface area (Å²) < 4.78 is 40.4. The number of rotatable bonds is 1. The first-order chi connectivity index (χ1) is 6.97. The summed E-state index contributed by atoms with van der Waals surface area (Å²) in [5.74, 6) is -1.41. The van der Waals surface area contributed by atoms with Gasteiger partial charge in [-0.05, 0) is 43.9 Å². The average Bonchev–Trinajstić information content (AvgIpc) is 2.18. The van der Waals surface area contributed by atoms with Crippen LogP contribution in [0, 0.1) is 11.8 Å². The van der Waals surface area contributed by atoms with E-state index in [0.717, 1.165) is 25.7 Å². The third kappa shape index (κ3) is 2.26. The molecule has 3 aliphatic rings. The summed E-state index contributed by atoms with van der Waals surface area (Å²) >= 11 is 0. The van der Waals surface area contributed by atoms with Gasteiger partial charge in [-0.2, -0.15) is 13.2 Å². The second-order valence-electron chi connectivity index (χ2n) is 4.46. The van der Waals surface area contributed by atoms with Crippen LogP contribution in [0.1, 0.15) is 32.1 Å². The van der Waals surface area contributed by atoms with Crippen LogP contribution in [0.4, 0.5) is 13.2 Å². The van der Waals surface area contributed by atoms with Gasteiger partial charge in [0.05, 0.1) is 0 Å². The molecule has 0 spiro atoms. The fraction of sp³-hybridized carbons (Fsp3) is 0.900. The number of carbonyl (C=O) groups excluding carboxylic acids is 1. The highest BCUT2D eigenvalue weighted by atomic mass is 19.4. The van der Waals surface area contributed by atoms with Crippen LogP contribution >= 0.6 is 0 Å². The topological polar surface area (TPSA) is 26.3 Å². The van der Waals surface area contributed by atoms with Crippen molar-refractivity contribution >= 4 is 5.97 Å². The lowest BCUT2D eigenvalue weighted by Gasteiger charge is -2.41. The van der Waals surface area contributed by atoms with E-state index in [2.05, 4.69) is 4.74 Å². The normalized spacial score (nSPS) is 35.3. The standard InChI is InChI=1S/C10H13F3O2/c11-10(12,13)9(14)15-8-5-6-1-3-7(8)4-2-6/h6-8H,1-5H2/t6?,7?,8-/m0/s1. The van der Waals surface area contributed by atoms with E-state index >= 15 is 0 Å². The largest absolute Gasteiger partial charge is 0.490 e. The van der Waals surface area contributed by atoms with Gasteiger partial charge in [0, 0.05) is 0 Å². The Hall–Kier alpha value is -0.740. The van der Waals surface area contributed by atoms with Gasteiger partial charge in [0.1, 0.15) is 6.10 Å². The molecule has 0 aliphatic heterocycles. The smallest absolute Gasteiger partial charge is 0.455 e. The molecule has 0 N–H and O–H groups in total. The highest BCUT2D eigenvalue weighted by molar-refractivity contribution is 5.75.